The number of hydrogen-bond acceptors (Lipinski definition) is 3. The maximum absolute atomic E-state index is 12.3. The zero-order valence-electron chi connectivity index (χ0n) is 11.7. The van der Waals surface area contributed by atoms with Gasteiger partial charge in [-0.2, -0.15) is 13.2 Å². The number of nitrogens with one attached hydrogen (secondary N) is 1. The van der Waals surface area contributed by atoms with E-state index >= 15 is 0 Å². The number of alkyl halides is 3. The predicted molar refractivity (Wildman–Crippen MR) is 69.0 cm³/mol. The van der Waals surface area contributed by atoms with Gasteiger partial charge in [-0.1, -0.05) is 6.92 Å². The molecule has 1 fully saturated rings. The van der Waals surface area contributed by atoms with Crippen molar-refractivity contribution in [2.24, 2.45) is 5.92 Å². The van der Waals surface area contributed by atoms with E-state index in [1.54, 1.807) is 4.90 Å². The van der Waals surface area contributed by atoms with E-state index in [4.69, 9.17) is 5.11 Å². The Kier molecular flexibility index (Phi) is 6.56. The Hall–Kier alpha value is -0.330. The summed E-state index contributed by atoms with van der Waals surface area (Å²) in [6.45, 7) is 6.08. The highest BCUT2D eigenvalue weighted by Crippen LogP contribution is 2.24. The molecular formula is C13H25F3N2O. The van der Waals surface area contributed by atoms with E-state index in [9.17, 15) is 13.2 Å². The van der Waals surface area contributed by atoms with Crippen LogP contribution in [0.15, 0.2) is 0 Å². The molecule has 0 aromatic carbocycles. The van der Waals surface area contributed by atoms with Gasteiger partial charge in [0.05, 0.1) is 0 Å². The number of aliphatic hydroxyl groups excluding tert-OH is 1. The van der Waals surface area contributed by atoms with Crippen LogP contribution < -0.4 is 5.32 Å². The molecule has 1 rings (SSSR count). The van der Waals surface area contributed by atoms with E-state index in [0.29, 0.717) is 25.0 Å². The molecular weight excluding hydrogens is 257 g/mol. The number of halogens is 3. The van der Waals surface area contributed by atoms with Crippen molar-refractivity contribution in [1.82, 2.24) is 10.2 Å². The Bertz CT molecular complexity index is 261. The number of nitrogens with zero attached hydrogens (tertiary/aromatic N) is 1. The van der Waals surface area contributed by atoms with Crippen molar-refractivity contribution >= 4 is 0 Å². The van der Waals surface area contributed by atoms with Crippen molar-refractivity contribution in [3.63, 3.8) is 0 Å². The van der Waals surface area contributed by atoms with Gasteiger partial charge in [-0.15, -0.1) is 0 Å². The lowest BCUT2D eigenvalue weighted by molar-refractivity contribution is -0.209. The minimum absolute atomic E-state index is 0.305. The fourth-order valence-electron chi connectivity index (χ4n) is 2.55. The topological polar surface area (TPSA) is 35.5 Å². The smallest absolute Gasteiger partial charge is 0.382 e. The van der Waals surface area contributed by atoms with E-state index in [0.717, 1.165) is 25.8 Å². The first kappa shape index (κ1) is 16.7. The molecule has 3 atom stereocenters. The zero-order valence-corrected chi connectivity index (χ0v) is 11.7. The summed E-state index contributed by atoms with van der Waals surface area (Å²) < 4.78 is 37.0. The minimum atomic E-state index is -4.51. The summed E-state index contributed by atoms with van der Waals surface area (Å²) in [6, 6.07) is 0.311. The molecule has 0 aromatic heterocycles. The Morgan fingerprint density at radius 2 is 2.11 bits per heavy atom. The van der Waals surface area contributed by atoms with Crippen LogP contribution in [0.25, 0.3) is 0 Å². The highest BCUT2D eigenvalue weighted by Gasteiger charge is 2.39. The van der Waals surface area contributed by atoms with Gasteiger partial charge < -0.3 is 15.3 Å². The third-order valence-corrected chi connectivity index (χ3v) is 3.77. The second-order valence-corrected chi connectivity index (χ2v) is 5.46. The summed E-state index contributed by atoms with van der Waals surface area (Å²) in [5.41, 5.74) is 0. The zero-order chi connectivity index (χ0) is 14.5. The Morgan fingerprint density at radius 3 is 2.68 bits per heavy atom. The molecule has 1 heterocycles. The van der Waals surface area contributed by atoms with E-state index in [-0.39, 0.29) is 6.54 Å². The predicted octanol–water partition coefficient (Wildman–Crippen LogP) is 2.01. The fraction of sp³-hybridized carbons (Fsp3) is 1.00. The molecule has 3 unspecified atom stereocenters. The molecule has 114 valence electrons. The summed E-state index contributed by atoms with van der Waals surface area (Å²) in [4.78, 5) is 1.73. The first-order valence-electron chi connectivity index (χ1n) is 7.05. The molecule has 0 bridgehead atoms. The number of piperidine rings is 1. The maximum Gasteiger partial charge on any atom is 0.415 e. The number of aliphatic hydroxyl groups is 1. The van der Waals surface area contributed by atoms with Crippen LogP contribution in [-0.2, 0) is 0 Å². The SMILES string of the molecule is CCCNC(C)C1CCCN(CC(O)C(F)(F)F)C1. The molecule has 0 amide bonds. The lowest BCUT2D eigenvalue weighted by atomic mass is 9.91. The average molecular weight is 282 g/mol. The number of β-amino-alcohol motifs (C(OH)–C–C–N with tert-alkyl or cyclic N) is 1. The van der Waals surface area contributed by atoms with Crippen LogP contribution in [0.2, 0.25) is 0 Å². The molecule has 0 aromatic rings. The normalized spacial score (nSPS) is 25.3. The Labute approximate surface area is 113 Å². The lowest BCUT2D eigenvalue weighted by Crippen LogP contribution is -2.48. The molecule has 2 N–H and O–H groups in total. The fourth-order valence-corrected chi connectivity index (χ4v) is 2.55. The van der Waals surface area contributed by atoms with Crippen molar-refractivity contribution in [2.75, 3.05) is 26.2 Å². The van der Waals surface area contributed by atoms with Gasteiger partial charge >= 0.3 is 6.18 Å². The monoisotopic (exact) mass is 282 g/mol. The van der Waals surface area contributed by atoms with Gasteiger partial charge in [0.25, 0.3) is 0 Å². The first-order valence-corrected chi connectivity index (χ1v) is 7.05. The third kappa shape index (κ3) is 5.67. The Morgan fingerprint density at radius 1 is 1.42 bits per heavy atom. The largest absolute Gasteiger partial charge is 0.415 e. The molecule has 0 aliphatic carbocycles. The van der Waals surface area contributed by atoms with Gasteiger partial charge in [-0.25, -0.2) is 0 Å². The van der Waals surface area contributed by atoms with Crippen LogP contribution in [0.1, 0.15) is 33.1 Å². The van der Waals surface area contributed by atoms with Gasteiger partial charge in [-0.3, -0.25) is 0 Å². The standard InChI is InChI=1S/C13H25F3N2O/c1-3-6-17-10(2)11-5-4-7-18(8-11)9-12(19)13(14,15)16/h10-12,17,19H,3-9H2,1-2H3. The molecule has 0 saturated carbocycles. The molecule has 1 saturated heterocycles. The Balaban J connectivity index is 2.41. The summed E-state index contributed by atoms with van der Waals surface area (Å²) in [6.07, 6.45) is -3.76. The van der Waals surface area contributed by atoms with Crippen molar-refractivity contribution < 1.29 is 18.3 Å². The van der Waals surface area contributed by atoms with E-state index < -0.39 is 12.3 Å². The quantitative estimate of drug-likeness (QED) is 0.782. The first-order chi connectivity index (χ1) is 8.84. The summed E-state index contributed by atoms with van der Waals surface area (Å²) in [7, 11) is 0. The summed E-state index contributed by atoms with van der Waals surface area (Å²) in [5, 5.41) is 12.5. The second-order valence-electron chi connectivity index (χ2n) is 5.46. The average Bonchev–Trinajstić information content (AvgIpc) is 2.35. The van der Waals surface area contributed by atoms with Crippen molar-refractivity contribution in [3.05, 3.63) is 0 Å². The number of likely N-dealkylation sites (tertiary alicyclic amines) is 1. The second kappa shape index (κ2) is 7.45. The van der Waals surface area contributed by atoms with Crippen molar-refractivity contribution in [3.8, 4) is 0 Å². The number of rotatable bonds is 6. The summed E-state index contributed by atoms with van der Waals surface area (Å²) >= 11 is 0. The molecule has 6 heteroatoms. The molecule has 1 aliphatic rings. The van der Waals surface area contributed by atoms with Crippen LogP contribution >= 0.6 is 0 Å². The van der Waals surface area contributed by atoms with Crippen LogP contribution in [-0.4, -0.2) is 54.5 Å². The van der Waals surface area contributed by atoms with Crippen molar-refractivity contribution in [2.45, 2.75) is 51.4 Å². The van der Waals surface area contributed by atoms with Crippen LogP contribution in [0.3, 0.4) is 0 Å². The highest BCUT2D eigenvalue weighted by atomic mass is 19.4. The van der Waals surface area contributed by atoms with Crippen LogP contribution in [0, 0.1) is 5.92 Å². The van der Waals surface area contributed by atoms with Crippen LogP contribution in [0.4, 0.5) is 13.2 Å². The van der Waals surface area contributed by atoms with Gasteiger partial charge in [0.1, 0.15) is 0 Å². The molecule has 3 nitrogen and oxygen atoms in total. The molecule has 19 heavy (non-hydrogen) atoms. The van der Waals surface area contributed by atoms with E-state index in [1.807, 2.05) is 0 Å². The maximum atomic E-state index is 12.3. The van der Waals surface area contributed by atoms with Gasteiger partial charge in [0, 0.05) is 19.1 Å². The van der Waals surface area contributed by atoms with Crippen LogP contribution in [0.5, 0.6) is 0 Å². The molecule has 0 spiro atoms. The molecule has 1 aliphatic heterocycles. The van der Waals surface area contributed by atoms with E-state index in [1.165, 1.54) is 0 Å². The summed E-state index contributed by atoms with van der Waals surface area (Å²) in [5.74, 6) is 0.362. The van der Waals surface area contributed by atoms with Gasteiger partial charge in [-0.05, 0) is 45.2 Å². The van der Waals surface area contributed by atoms with Crippen molar-refractivity contribution in [1.29, 1.82) is 0 Å². The lowest BCUT2D eigenvalue weighted by Gasteiger charge is -2.37. The molecule has 0 radical (unpaired) electrons. The third-order valence-electron chi connectivity index (χ3n) is 3.77. The minimum Gasteiger partial charge on any atom is -0.382 e. The highest BCUT2D eigenvalue weighted by molar-refractivity contribution is 4.82. The van der Waals surface area contributed by atoms with Gasteiger partial charge in [0.15, 0.2) is 6.10 Å². The van der Waals surface area contributed by atoms with Gasteiger partial charge in [0.2, 0.25) is 0 Å². The number of hydrogen-bond donors (Lipinski definition) is 2. The van der Waals surface area contributed by atoms with E-state index in [2.05, 4.69) is 19.2 Å².